The number of carbonyl (C=O) groups is 1. The maximum Gasteiger partial charge on any atom is 0.410 e. The fraction of sp³-hybridized carbons (Fsp3) is 0.588. The van der Waals surface area contributed by atoms with Gasteiger partial charge in [0.15, 0.2) is 0 Å². The first-order valence-corrected chi connectivity index (χ1v) is 7.72. The van der Waals surface area contributed by atoms with Crippen LogP contribution in [0.4, 0.5) is 4.79 Å². The number of carbonyl (C=O) groups excluding carboxylic acids is 1. The molecule has 1 fully saturated rings. The molecule has 1 aliphatic rings. The molecular formula is C17H26N2O3. The van der Waals surface area contributed by atoms with Crippen molar-refractivity contribution in [1.82, 2.24) is 10.2 Å². The molecule has 1 N–H and O–H groups in total. The van der Waals surface area contributed by atoms with Gasteiger partial charge in [-0.3, -0.25) is 0 Å². The zero-order chi connectivity index (χ0) is 16.2. The summed E-state index contributed by atoms with van der Waals surface area (Å²) in [4.78, 5) is 14.2. The molecule has 0 aromatic heterocycles. The van der Waals surface area contributed by atoms with E-state index in [1.54, 1.807) is 7.11 Å². The summed E-state index contributed by atoms with van der Waals surface area (Å²) < 4.78 is 10.8. The third-order valence-electron chi connectivity index (χ3n) is 3.58. The van der Waals surface area contributed by atoms with Crippen molar-refractivity contribution >= 4 is 6.09 Å². The van der Waals surface area contributed by atoms with Crippen molar-refractivity contribution in [2.45, 2.75) is 38.8 Å². The topological polar surface area (TPSA) is 50.8 Å². The van der Waals surface area contributed by atoms with Crippen LogP contribution in [0.15, 0.2) is 24.3 Å². The molecule has 5 nitrogen and oxygen atoms in total. The second-order valence-electron chi connectivity index (χ2n) is 6.59. The summed E-state index contributed by atoms with van der Waals surface area (Å²) in [6.45, 7) is 7.92. The SMILES string of the molecule is COc1cccc(C[C@H]2CNCCN2C(=O)OC(C)(C)C)c1. The van der Waals surface area contributed by atoms with Gasteiger partial charge < -0.3 is 19.7 Å². The smallest absolute Gasteiger partial charge is 0.410 e. The number of methoxy groups -OCH3 is 1. The van der Waals surface area contributed by atoms with Gasteiger partial charge in [0.1, 0.15) is 11.4 Å². The molecule has 0 aliphatic carbocycles. The minimum atomic E-state index is -0.470. The Kier molecular flexibility index (Phi) is 5.29. The largest absolute Gasteiger partial charge is 0.497 e. The minimum Gasteiger partial charge on any atom is -0.497 e. The van der Waals surface area contributed by atoms with Gasteiger partial charge in [-0.25, -0.2) is 4.79 Å². The van der Waals surface area contributed by atoms with E-state index in [1.807, 2.05) is 43.9 Å². The summed E-state index contributed by atoms with van der Waals surface area (Å²) in [5.74, 6) is 0.838. The number of ether oxygens (including phenoxy) is 2. The molecule has 1 heterocycles. The van der Waals surface area contributed by atoms with E-state index < -0.39 is 5.60 Å². The first-order chi connectivity index (χ1) is 10.4. The van der Waals surface area contributed by atoms with Gasteiger partial charge in [-0.05, 0) is 44.9 Å². The van der Waals surface area contributed by atoms with Gasteiger partial charge in [-0.15, -0.1) is 0 Å². The van der Waals surface area contributed by atoms with Crippen LogP contribution in [0, 0.1) is 0 Å². The van der Waals surface area contributed by atoms with Crippen LogP contribution < -0.4 is 10.1 Å². The first kappa shape index (κ1) is 16.6. The second kappa shape index (κ2) is 7.01. The van der Waals surface area contributed by atoms with Gasteiger partial charge in [0.05, 0.1) is 13.2 Å². The van der Waals surface area contributed by atoms with E-state index in [1.165, 1.54) is 0 Å². The summed E-state index contributed by atoms with van der Waals surface area (Å²) in [5.41, 5.74) is 0.685. The van der Waals surface area contributed by atoms with Crippen LogP contribution in [0.2, 0.25) is 0 Å². The molecule has 0 unspecified atom stereocenters. The Morgan fingerprint density at radius 2 is 2.18 bits per heavy atom. The number of rotatable bonds is 3. The Balaban J connectivity index is 2.07. The Bertz CT molecular complexity index is 511. The van der Waals surface area contributed by atoms with E-state index in [9.17, 15) is 4.79 Å². The zero-order valence-electron chi connectivity index (χ0n) is 13.9. The van der Waals surface area contributed by atoms with Gasteiger partial charge in [-0.1, -0.05) is 12.1 Å². The number of hydrogen-bond donors (Lipinski definition) is 1. The number of hydrogen-bond acceptors (Lipinski definition) is 4. The Hall–Kier alpha value is -1.75. The molecule has 22 heavy (non-hydrogen) atoms. The highest BCUT2D eigenvalue weighted by molar-refractivity contribution is 5.68. The lowest BCUT2D eigenvalue weighted by Gasteiger charge is -2.37. The number of nitrogens with zero attached hydrogens (tertiary/aromatic N) is 1. The van der Waals surface area contributed by atoms with E-state index in [0.717, 1.165) is 30.8 Å². The Morgan fingerprint density at radius 3 is 2.86 bits per heavy atom. The standard InChI is InChI=1S/C17H26N2O3/c1-17(2,3)22-16(20)19-9-8-18-12-14(19)10-13-6-5-7-15(11-13)21-4/h5-7,11,14,18H,8-10,12H2,1-4H3/t14-/m0/s1. The highest BCUT2D eigenvalue weighted by atomic mass is 16.6. The Morgan fingerprint density at radius 1 is 1.41 bits per heavy atom. The summed E-state index contributed by atoms with van der Waals surface area (Å²) in [7, 11) is 1.66. The van der Waals surface area contributed by atoms with Crippen LogP contribution in [-0.4, -0.2) is 49.4 Å². The zero-order valence-corrected chi connectivity index (χ0v) is 13.9. The van der Waals surface area contributed by atoms with Crippen molar-refractivity contribution in [3.63, 3.8) is 0 Å². The molecule has 0 saturated carbocycles. The maximum atomic E-state index is 12.4. The van der Waals surface area contributed by atoms with Crippen molar-refractivity contribution in [2.75, 3.05) is 26.7 Å². The van der Waals surface area contributed by atoms with Crippen LogP contribution in [0.3, 0.4) is 0 Å². The van der Waals surface area contributed by atoms with E-state index >= 15 is 0 Å². The summed E-state index contributed by atoms with van der Waals surface area (Å²) in [6.07, 6.45) is 0.547. The van der Waals surface area contributed by atoms with Gasteiger partial charge in [0.25, 0.3) is 0 Å². The van der Waals surface area contributed by atoms with Crippen LogP contribution in [0.5, 0.6) is 5.75 Å². The van der Waals surface area contributed by atoms with Crippen molar-refractivity contribution in [1.29, 1.82) is 0 Å². The minimum absolute atomic E-state index is 0.0932. The van der Waals surface area contributed by atoms with Crippen molar-refractivity contribution < 1.29 is 14.3 Å². The molecule has 0 radical (unpaired) electrons. The van der Waals surface area contributed by atoms with Crippen molar-refractivity contribution in [3.8, 4) is 5.75 Å². The lowest BCUT2D eigenvalue weighted by molar-refractivity contribution is 0.0122. The highest BCUT2D eigenvalue weighted by Gasteiger charge is 2.30. The molecular weight excluding hydrogens is 280 g/mol. The molecule has 1 aromatic carbocycles. The molecule has 0 bridgehead atoms. The van der Waals surface area contributed by atoms with Crippen LogP contribution >= 0.6 is 0 Å². The third kappa shape index (κ3) is 4.63. The van der Waals surface area contributed by atoms with E-state index in [-0.39, 0.29) is 12.1 Å². The second-order valence-corrected chi connectivity index (χ2v) is 6.59. The van der Waals surface area contributed by atoms with Crippen LogP contribution in [-0.2, 0) is 11.2 Å². The lowest BCUT2D eigenvalue weighted by atomic mass is 10.0. The molecule has 2 rings (SSSR count). The molecule has 5 heteroatoms. The maximum absolute atomic E-state index is 12.4. The fourth-order valence-electron chi connectivity index (χ4n) is 2.58. The summed E-state index contributed by atoms with van der Waals surface area (Å²) in [6, 6.07) is 8.07. The fourth-order valence-corrected chi connectivity index (χ4v) is 2.58. The normalized spacial score (nSPS) is 18.9. The predicted molar refractivity (Wildman–Crippen MR) is 86.3 cm³/mol. The van der Waals surface area contributed by atoms with Gasteiger partial charge in [0, 0.05) is 19.6 Å². The molecule has 1 amide bonds. The Labute approximate surface area is 132 Å². The molecule has 122 valence electrons. The molecule has 1 aromatic rings. The van der Waals surface area contributed by atoms with Crippen molar-refractivity contribution in [3.05, 3.63) is 29.8 Å². The van der Waals surface area contributed by atoms with Crippen molar-refractivity contribution in [2.24, 2.45) is 0 Å². The predicted octanol–water partition coefficient (Wildman–Crippen LogP) is 2.45. The van der Waals surface area contributed by atoms with Gasteiger partial charge in [0.2, 0.25) is 0 Å². The first-order valence-electron chi connectivity index (χ1n) is 7.72. The van der Waals surface area contributed by atoms with Crippen LogP contribution in [0.25, 0.3) is 0 Å². The number of benzene rings is 1. The lowest BCUT2D eigenvalue weighted by Crippen LogP contribution is -2.55. The highest BCUT2D eigenvalue weighted by Crippen LogP contribution is 2.19. The summed E-state index contributed by atoms with van der Waals surface area (Å²) >= 11 is 0. The van der Waals surface area contributed by atoms with E-state index in [0.29, 0.717) is 6.54 Å². The number of piperazine rings is 1. The van der Waals surface area contributed by atoms with Gasteiger partial charge in [-0.2, -0.15) is 0 Å². The molecule has 1 atom stereocenters. The molecule has 1 saturated heterocycles. The molecule has 1 aliphatic heterocycles. The third-order valence-corrected chi connectivity index (χ3v) is 3.58. The van der Waals surface area contributed by atoms with E-state index in [4.69, 9.17) is 9.47 Å². The van der Waals surface area contributed by atoms with E-state index in [2.05, 4.69) is 11.4 Å². The van der Waals surface area contributed by atoms with Gasteiger partial charge >= 0.3 is 6.09 Å². The monoisotopic (exact) mass is 306 g/mol. The van der Waals surface area contributed by atoms with Crippen LogP contribution in [0.1, 0.15) is 26.3 Å². The number of nitrogens with one attached hydrogen (secondary N) is 1. The molecule has 0 spiro atoms. The average molecular weight is 306 g/mol. The number of amides is 1. The summed E-state index contributed by atoms with van der Waals surface area (Å²) in [5, 5.41) is 3.35. The quantitative estimate of drug-likeness (QED) is 0.932. The average Bonchev–Trinajstić information content (AvgIpc) is 2.46.